The summed E-state index contributed by atoms with van der Waals surface area (Å²) in [6.45, 7) is 6.09. The van der Waals surface area contributed by atoms with E-state index in [1.807, 2.05) is 25.1 Å². The maximum Gasteiger partial charge on any atom is 0.139 e. The minimum Gasteiger partial charge on any atom is -1.00 e. The van der Waals surface area contributed by atoms with Crippen molar-refractivity contribution in [2.24, 2.45) is 0 Å². The molecule has 0 bridgehead atoms. The predicted octanol–water partition coefficient (Wildman–Crippen LogP) is -1.71. The number of halogens is 1. The fraction of sp³-hybridized carbons (Fsp3) is 0.556. The minimum absolute atomic E-state index is 0. The van der Waals surface area contributed by atoms with Gasteiger partial charge in [0, 0.05) is 19.4 Å². The van der Waals surface area contributed by atoms with Crippen molar-refractivity contribution in [2.75, 3.05) is 33.4 Å². The third-order valence-electron chi connectivity index (χ3n) is 3.93. The number of likely N-dealkylation sites (tertiary alicyclic amines) is 1. The number of piperidine rings is 1. The highest BCUT2D eigenvalue weighted by Gasteiger charge is 2.34. The van der Waals surface area contributed by atoms with Crippen LogP contribution in [0.1, 0.15) is 25.3 Å². The first-order valence-electron chi connectivity index (χ1n) is 7.81. The first-order valence-corrected chi connectivity index (χ1v) is 7.81. The molecular formula is C18H26BrNO2. The molecule has 0 aromatic heterocycles. The van der Waals surface area contributed by atoms with Crippen molar-refractivity contribution in [1.29, 1.82) is 0 Å². The van der Waals surface area contributed by atoms with E-state index in [-0.39, 0.29) is 22.6 Å². The number of hydrogen-bond acceptors (Lipinski definition) is 2. The Balaban J connectivity index is 0.00000242. The summed E-state index contributed by atoms with van der Waals surface area (Å²) >= 11 is 0. The quantitative estimate of drug-likeness (QED) is 0.495. The Morgan fingerprint density at radius 2 is 1.86 bits per heavy atom. The average molecular weight is 368 g/mol. The van der Waals surface area contributed by atoms with E-state index in [0.29, 0.717) is 13.2 Å². The molecule has 1 saturated heterocycles. The van der Waals surface area contributed by atoms with Crippen LogP contribution in [0.15, 0.2) is 30.3 Å². The van der Waals surface area contributed by atoms with Gasteiger partial charge in [-0.25, -0.2) is 0 Å². The first-order chi connectivity index (χ1) is 10.2. The van der Waals surface area contributed by atoms with Gasteiger partial charge >= 0.3 is 0 Å². The molecule has 1 aliphatic rings. The Morgan fingerprint density at radius 3 is 2.50 bits per heavy atom. The van der Waals surface area contributed by atoms with E-state index in [1.54, 1.807) is 4.90 Å². The van der Waals surface area contributed by atoms with Crippen molar-refractivity contribution < 1.29 is 31.4 Å². The van der Waals surface area contributed by atoms with Gasteiger partial charge in [-0.05, 0) is 12.5 Å². The Hall–Kier alpha value is -0.860. The van der Waals surface area contributed by atoms with E-state index in [4.69, 9.17) is 9.47 Å². The van der Waals surface area contributed by atoms with Crippen LogP contribution in [0.3, 0.4) is 0 Å². The molecule has 22 heavy (non-hydrogen) atoms. The summed E-state index contributed by atoms with van der Waals surface area (Å²) in [5, 5.41) is 0. The molecule has 4 heteroatoms. The van der Waals surface area contributed by atoms with Crippen LogP contribution in [0.25, 0.3) is 0 Å². The van der Waals surface area contributed by atoms with Crippen LogP contribution in [0, 0.1) is 11.8 Å². The lowest BCUT2D eigenvalue weighted by Gasteiger charge is -2.34. The third-order valence-corrected chi connectivity index (χ3v) is 3.93. The summed E-state index contributed by atoms with van der Waals surface area (Å²) in [5.74, 6) is 6.49. The number of quaternary nitrogens is 1. The highest BCUT2D eigenvalue weighted by molar-refractivity contribution is 5.16. The van der Waals surface area contributed by atoms with Crippen molar-refractivity contribution >= 4 is 0 Å². The zero-order valence-electron chi connectivity index (χ0n) is 13.5. The topological polar surface area (TPSA) is 22.9 Å². The molecule has 0 amide bonds. The van der Waals surface area contributed by atoms with Gasteiger partial charge in [0.15, 0.2) is 0 Å². The number of rotatable bonds is 5. The largest absolute Gasteiger partial charge is 1.00 e. The van der Waals surface area contributed by atoms with Crippen LogP contribution in [0.5, 0.6) is 0 Å². The van der Waals surface area contributed by atoms with E-state index < -0.39 is 0 Å². The molecule has 122 valence electrons. The summed E-state index contributed by atoms with van der Waals surface area (Å²) in [4.78, 5) is 1.56. The minimum atomic E-state index is -0.246. The second-order valence-electron chi connectivity index (χ2n) is 5.66. The molecule has 0 aliphatic carbocycles. The molecule has 1 heterocycles. The van der Waals surface area contributed by atoms with Gasteiger partial charge in [0.25, 0.3) is 0 Å². The molecule has 0 spiro atoms. The summed E-state index contributed by atoms with van der Waals surface area (Å²) in [5.41, 5.74) is 0.936. The zero-order chi connectivity index (χ0) is 15.0. The maximum atomic E-state index is 5.94. The summed E-state index contributed by atoms with van der Waals surface area (Å²) in [6.07, 6.45) is 2.02. The molecule has 2 rings (SSSR count). The smallest absolute Gasteiger partial charge is 0.139 e. The fourth-order valence-electron chi connectivity index (χ4n) is 2.65. The third kappa shape index (κ3) is 6.10. The summed E-state index contributed by atoms with van der Waals surface area (Å²) < 4.78 is 11.6. The van der Waals surface area contributed by atoms with Gasteiger partial charge in [-0.15, -0.1) is 0 Å². The van der Waals surface area contributed by atoms with Gasteiger partial charge in [0.05, 0.1) is 26.7 Å². The Morgan fingerprint density at radius 1 is 1.18 bits per heavy atom. The summed E-state index contributed by atoms with van der Waals surface area (Å²) in [6, 6.07) is 10.2. The van der Waals surface area contributed by atoms with Crippen molar-refractivity contribution in [3.05, 3.63) is 35.9 Å². The first kappa shape index (κ1) is 19.2. The molecule has 3 nitrogen and oxygen atoms in total. The van der Waals surface area contributed by atoms with Crippen LogP contribution in [-0.2, 0) is 16.1 Å². The van der Waals surface area contributed by atoms with Crippen LogP contribution in [0.4, 0.5) is 0 Å². The predicted molar refractivity (Wildman–Crippen MR) is 84.1 cm³/mol. The van der Waals surface area contributed by atoms with Gasteiger partial charge in [-0.1, -0.05) is 42.2 Å². The lowest BCUT2D eigenvalue weighted by Crippen LogP contribution is -3.10. The molecule has 0 unspecified atom stereocenters. The highest BCUT2D eigenvalue weighted by atomic mass is 79.9. The molecule has 1 N–H and O–H groups in total. The fourth-order valence-corrected chi connectivity index (χ4v) is 2.65. The van der Waals surface area contributed by atoms with E-state index in [9.17, 15) is 0 Å². The van der Waals surface area contributed by atoms with E-state index in [0.717, 1.165) is 32.5 Å². The second kappa shape index (κ2) is 10.0. The second-order valence-corrected chi connectivity index (χ2v) is 5.66. The molecule has 1 fully saturated rings. The maximum absolute atomic E-state index is 5.94. The molecule has 0 radical (unpaired) electrons. The van der Waals surface area contributed by atoms with E-state index >= 15 is 0 Å². The van der Waals surface area contributed by atoms with Gasteiger partial charge in [0.1, 0.15) is 12.2 Å². The average Bonchev–Trinajstić information content (AvgIpc) is 2.51. The molecular weight excluding hydrogens is 342 g/mol. The molecule has 0 atom stereocenters. The molecule has 1 aromatic carbocycles. The molecule has 1 aliphatic heterocycles. The summed E-state index contributed by atoms with van der Waals surface area (Å²) in [7, 11) is 2.23. The Bertz CT molecular complexity index is 473. The Kier molecular flexibility index (Phi) is 8.74. The Labute approximate surface area is 144 Å². The lowest BCUT2D eigenvalue weighted by atomic mass is 9.92. The molecule has 1 aromatic rings. The van der Waals surface area contributed by atoms with Gasteiger partial charge in [-0.2, -0.15) is 0 Å². The zero-order valence-corrected chi connectivity index (χ0v) is 15.1. The van der Waals surface area contributed by atoms with Gasteiger partial charge in [-0.3, -0.25) is 0 Å². The number of hydrogen-bond donors (Lipinski definition) is 1. The lowest BCUT2D eigenvalue weighted by molar-refractivity contribution is -0.886. The van der Waals surface area contributed by atoms with Crippen molar-refractivity contribution in [1.82, 2.24) is 0 Å². The monoisotopic (exact) mass is 367 g/mol. The van der Waals surface area contributed by atoms with Gasteiger partial charge in [0.2, 0.25) is 0 Å². The normalized spacial score (nSPS) is 24.0. The SMILES string of the molecule is CCOC1(C#CCOCc2ccccc2)CC[NH+](C)CC1.[Br-]. The number of nitrogens with one attached hydrogen (secondary N) is 1. The van der Waals surface area contributed by atoms with E-state index in [2.05, 4.69) is 31.0 Å². The number of benzene rings is 1. The van der Waals surface area contributed by atoms with E-state index in [1.165, 1.54) is 5.56 Å². The van der Waals surface area contributed by atoms with Gasteiger partial charge < -0.3 is 31.4 Å². The van der Waals surface area contributed by atoms with Crippen LogP contribution < -0.4 is 21.9 Å². The standard InChI is InChI=1S/C18H25NO2.BrH/c1-3-21-18(11-13-19(2)14-12-18)10-7-15-20-16-17-8-5-4-6-9-17;/h4-6,8-9H,3,11-16H2,1-2H3;1H. The van der Waals surface area contributed by atoms with Crippen LogP contribution in [-0.4, -0.2) is 39.0 Å². The van der Waals surface area contributed by atoms with Crippen LogP contribution >= 0.6 is 0 Å². The highest BCUT2D eigenvalue weighted by Crippen LogP contribution is 2.20. The van der Waals surface area contributed by atoms with Crippen LogP contribution in [0.2, 0.25) is 0 Å². The van der Waals surface area contributed by atoms with Crippen molar-refractivity contribution in [3.8, 4) is 11.8 Å². The van der Waals surface area contributed by atoms with Crippen molar-refractivity contribution in [2.45, 2.75) is 32.0 Å². The molecule has 0 saturated carbocycles. The number of ether oxygens (including phenoxy) is 2. The van der Waals surface area contributed by atoms with Crippen molar-refractivity contribution in [3.63, 3.8) is 0 Å².